The number of fused-ring (bicyclic) bond motifs is 1. The molecule has 0 saturated heterocycles. The summed E-state index contributed by atoms with van der Waals surface area (Å²) in [5, 5.41) is 0.715. The van der Waals surface area contributed by atoms with Crippen LogP contribution in [-0.4, -0.2) is 54.6 Å². The van der Waals surface area contributed by atoms with E-state index in [2.05, 4.69) is 16.0 Å². The summed E-state index contributed by atoms with van der Waals surface area (Å²) in [6, 6.07) is 14.7. The van der Waals surface area contributed by atoms with E-state index >= 15 is 0 Å². The Morgan fingerprint density at radius 2 is 1.89 bits per heavy atom. The smallest absolute Gasteiger partial charge is 0.257 e. The van der Waals surface area contributed by atoms with Gasteiger partial charge in [0.15, 0.2) is 15.7 Å². The maximum atomic E-state index is 13.4. The van der Waals surface area contributed by atoms with Crippen molar-refractivity contribution in [1.29, 1.82) is 0 Å². The lowest BCUT2D eigenvalue weighted by molar-refractivity contribution is 0.0572. The largest absolute Gasteiger partial charge is 0.335 e. The summed E-state index contributed by atoms with van der Waals surface area (Å²) in [6.07, 6.45) is 6.94. The first-order chi connectivity index (χ1) is 17.2. The van der Waals surface area contributed by atoms with Crippen LogP contribution in [0.25, 0.3) is 11.4 Å². The van der Waals surface area contributed by atoms with E-state index < -0.39 is 9.84 Å². The Bertz CT molecular complexity index is 1420. The Balaban J connectivity index is 1.33. The minimum Gasteiger partial charge on any atom is -0.335 e. The summed E-state index contributed by atoms with van der Waals surface area (Å²) in [4.78, 5) is 24.7. The average Bonchev–Trinajstić information content (AvgIpc) is 2.88. The van der Waals surface area contributed by atoms with Crippen molar-refractivity contribution >= 4 is 27.3 Å². The fraction of sp³-hybridized carbons (Fsp3) is 0.370. The molecule has 7 nitrogen and oxygen atoms in total. The van der Waals surface area contributed by atoms with Gasteiger partial charge in [-0.2, -0.15) is 0 Å². The minimum atomic E-state index is -3.34. The number of carbonyl (C=O) groups excluding carboxylic acids is 1. The maximum Gasteiger partial charge on any atom is 0.257 e. The molecule has 1 aliphatic carbocycles. The van der Waals surface area contributed by atoms with Crippen LogP contribution in [0.15, 0.2) is 59.6 Å². The van der Waals surface area contributed by atoms with Crippen molar-refractivity contribution < 1.29 is 13.2 Å². The highest BCUT2D eigenvalue weighted by molar-refractivity contribution is 7.90. The second-order valence-corrected chi connectivity index (χ2v) is 12.3. The Morgan fingerprint density at radius 3 is 2.58 bits per heavy atom. The lowest BCUT2D eigenvalue weighted by atomic mass is 9.68. The second-order valence-electron chi connectivity index (χ2n) is 9.83. The first-order valence-electron chi connectivity index (χ1n) is 12.1. The fourth-order valence-corrected chi connectivity index (χ4v) is 6.38. The van der Waals surface area contributed by atoms with E-state index in [1.807, 2.05) is 23.1 Å². The Hall–Kier alpha value is -2.81. The number of hydrogen-bond acceptors (Lipinski definition) is 6. The van der Waals surface area contributed by atoms with Gasteiger partial charge in [-0.25, -0.2) is 18.4 Å². The number of nitrogens with zero attached hydrogens (tertiary/aromatic N) is 3. The summed E-state index contributed by atoms with van der Waals surface area (Å²) in [6.45, 7) is 1.15. The zero-order chi connectivity index (χ0) is 25.5. The predicted octanol–water partition coefficient (Wildman–Crippen LogP) is 4.04. The van der Waals surface area contributed by atoms with Crippen LogP contribution in [0.1, 0.15) is 47.3 Å². The van der Waals surface area contributed by atoms with Gasteiger partial charge in [-0.3, -0.25) is 4.79 Å². The average molecular weight is 525 g/mol. The van der Waals surface area contributed by atoms with Gasteiger partial charge in [0.1, 0.15) is 0 Å². The molecule has 5 rings (SSSR count). The molecule has 1 aromatic heterocycles. The van der Waals surface area contributed by atoms with E-state index in [0.717, 1.165) is 25.7 Å². The molecule has 1 saturated carbocycles. The Kier molecular flexibility index (Phi) is 6.61. The molecule has 0 radical (unpaired) electrons. The monoisotopic (exact) mass is 524 g/mol. The van der Waals surface area contributed by atoms with Crippen LogP contribution >= 0.6 is 11.6 Å². The molecule has 0 bridgehead atoms. The van der Waals surface area contributed by atoms with Gasteiger partial charge in [-0.15, -0.1) is 0 Å². The quantitative estimate of drug-likeness (QED) is 0.540. The summed E-state index contributed by atoms with van der Waals surface area (Å²) >= 11 is 6.25. The van der Waals surface area contributed by atoms with Crippen molar-refractivity contribution in [3.8, 4) is 11.4 Å². The lowest BCUT2D eigenvalue weighted by Gasteiger charge is -2.44. The molecule has 2 aliphatic rings. The number of nitrogens with two attached hydrogens (primary N) is 1. The maximum absolute atomic E-state index is 13.4. The van der Waals surface area contributed by atoms with Crippen LogP contribution in [0.3, 0.4) is 0 Å². The third-order valence-corrected chi connectivity index (χ3v) is 8.99. The topological polar surface area (TPSA) is 106 Å². The SMILES string of the molecule is CS(=O)(=O)c1cccc(-c2ncc3c(n2)CCN([C@H]2CC[C@](CN)(c4cccc(Cl)c4)CC2)C3=O)c1. The third kappa shape index (κ3) is 4.65. The molecule has 2 aromatic carbocycles. The Labute approximate surface area is 216 Å². The third-order valence-electron chi connectivity index (χ3n) is 7.65. The molecule has 1 aliphatic heterocycles. The molecule has 0 atom stereocenters. The van der Waals surface area contributed by atoms with Gasteiger partial charge in [0.2, 0.25) is 0 Å². The number of carbonyl (C=O) groups is 1. The highest BCUT2D eigenvalue weighted by atomic mass is 35.5. The van der Waals surface area contributed by atoms with Gasteiger partial charge >= 0.3 is 0 Å². The van der Waals surface area contributed by atoms with Crippen LogP contribution in [-0.2, 0) is 21.7 Å². The van der Waals surface area contributed by atoms with Crippen molar-refractivity contribution in [2.45, 2.75) is 48.5 Å². The first-order valence-corrected chi connectivity index (χ1v) is 14.4. The molecule has 2 heterocycles. The van der Waals surface area contributed by atoms with Crippen molar-refractivity contribution in [3.05, 3.63) is 76.6 Å². The van der Waals surface area contributed by atoms with Gasteiger partial charge < -0.3 is 10.6 Å². The van der Waals surface area contributed by atoms with Crippen molar-refractivity contribution in [1.82, 2.24) is 14.9 Å². The van der Waals surface area contributed by atoms with E-state index in [0.29, 0.717) is 47.2 Å². The van der Waals surface area contributed by atoms with Gasteiger partial charge in [0, 0.05) is 54.0 Å². The van der Waals surface area contributed by atoms with Crippen molar-refractivity contribution in [2.24, 2.45) is 5.73 Å². The molecule has 3 aromatic rings. The molecule has 36 heavy (non-hydrogen) atoms. The standard InChI is InChI=1S/C27H29ClN4O3S/c1-36(34,35)22-7-2-4-18(14-22)25-30-16-23-24(31-25)10-13-32(26(23)33)21-8-11-27(17-29,12-9-21)19-5-3-6-20(28)15-19/h2-7,14-16,21H,8-13,17,29H2,1H3/t21-,27-. The summed E-state index contributed by atoms with van der Waals surface area (Å²) in [5.41, 5.74) is 9.16. The highest BCUT2D eigenvalue weighted by Crippen LogP contribution is 2.41. The number of amides is 1. The van der Waals surface area contributed by atoms with Gasteiger partial charge in [0.05, 0.1) is 16.2 Å². The molecule has 0 unspecified atom stereocenters. The van der Waals surface area contributed by atoms with Crippen LogP contribution in [0.4, 0.5) is 0 Å². The van der Waals surface area contributed by atoms with Gasteiger partial charge in [0.25, 0.3) is 5.91 Å². The number of benzene rings is 2. The molecular formula is C27H29ClN4O3S. The van der Waals surface area contributed by atoms with Crippen molar-refractivity contribution in [3.63, 3.8) is 0 Å². The molecule has 188 valence electrons. The lowest BCUT2D eigenvalue weighted by Crippen LogP contribution is -2.49. The van der Waals surface area contributed by atoms with E-state index in [9.17, 15) is 13.2 Å². The zero-order valence-corrected chi connectivity index (χ0v) is 21.7. The van der Waals surface area contributed by atoms with Gasteiger partial charge in [-0.1, -0.05) is 35.9 Å². The first kappa shape index (κ1) is 24.9. The van der Waals surface area contributed by atoms with Crippen LogP contribution in [0.2, 0.25) is 5.02 Å². The van der Waals surface area contributed by atoms with E-state index in [-0.39, 0.29) is 22.3 Å². The fourth-order valence-electron chi connectivity index (χ4n) is 5.52. The molecule has 2 N–H and O–H groups in total. The predicted molar refractivity (Wildman–Crippen MR) is 140 cm³/mol. The zero-order valence-electron chi connectivity index (χ0n) is 20.2. The van der Waals surface area contributed by atoms with E-state index in [1.165, 1.54) is 11.8 Å². The molecule has 1 fully saturated rings. The molecule has 9 heteroatoms. The van der Waals surface area contributed by atoms with Crippen LogP contribution in [0, 0.1) is 0 Å². The Morgan fingerprint density at radius 1 is 1.14 bits per heavy atom. The summed E-state index contributed by atoms with van der Waals surface area (Å²) in [7, 11) is -3.34. The van der Waals surface area contributed by atoms with Crippen molar-refractivity contribution in [2.75, 3.05) is 19.3 Å². The van der Waals surface area contributed by atoms with E-state index in [1.54, 1.807) is 30.5 Å². The normalized spacial score (nSPS) is 22.4. The number of sulfone groups is 1. The number of aromatic nitrogens is 2. The van der Waals surface area contributed by atoms with Crippen LogP contribution < -0.4 is 5.73 Å². The van der Waals surface area contributed by atoms with E-state index in [4.69, 9.17) is 17.3 Å². The number of rotatable bonds is 5. The molecule has 1 amide bonds. The minimum absolute atomic E-state index is 0.0410. The molecular weight excluding hydrogens is 496 g/mol. The number of halogens is 1. The number of hydrogen-bond donors (Lipinski definition) is 1. The van der Waals surface area contributed by atoms with Crippen LogP contribution in [0.5, 0.6) is 0 Å². The highest BCUT2D eigenvalue weighted by Gasteiger charge is 2.40. The summed E-state index contributed by atoms with van der Waals surface area (Å²) < 4.78 is 23.9. The molecule has 0 spiro atoms. The van der Waals surface area contributed by atoms with Gasteiger partial charge in [-0.05, 0) is 55.5 Å². The summed E-state index contributed by atoms with van der Waals surface area (Å²) in [5.74, 6) is 0.383. The second kappa shape index (κ2) is 9.57.